The summed E-state index contributed by atoms with van der Waals surface area (Å²) in [5, 5.41) is 20.7. The molecule has 0 aliphatic carbocycles. The fraction of sp³-hybridized carbons (Fsp3) is 0.621. The average Bonchev–Trinajstić information content (AvgIpc) is 0.963. The van der Waals surface area contributed by atoms with E-state index in [0.717, 1.165) is 212 Å². The van der Waals surface area contributed by atoms with Crippen LogP contribution in [0.15, 0.2) is 182 Å². The van der Waals surface area contributed by atoms with Gasteiger partial charge in [0.2, 0.25) is 0 Å². The zero-order valence-corrected chi connectivity index (χ0v) is 66.9. The fourth-order valence-corrected chi connectivity index (χ4v) is 11.6. The van der Waals surface area contributed by atoms with Gasteiger partial charge in [0.15, 0.2) is 6.10 Å². The second-order valence-electron chi connectivity index (χ2n) is 26.1. The smallest absolute Gasteiger partial charge is 0.463 e. The van der Waals surface area contributed by atoms with Gasteiger partial charge in [-0.15, -0.1) is 0 Å². The van der Waals surface area contributed by atoms with Gasteiger partial charge in [-0.25, -0.2) is 9.13 Å². The number of ether oxygens (including phenoxy) is 3. The van der Waals surface area contributed by atoms with Gasteiger partial charge in [0.05, 0.1) is 26.4 Å². The highest BCUT2D eigenvalue weighted by Gasteiger charge is 2.29. The van der Waals surface area contributed by atoms with Crippen molar-refractivity contribution in [2.24, 2.45) is 0 Å². The lowest BCUT2D eigenvalue weighted by Crippen LogP contribution is -2.30. The standard InChI is InChI=1S/C87H142O16P2/c1-4-7-10-13-16-19-22-25-28-31-34-37-39-40-42-45-46-49-52-55-58-61-64-67-70-73-85(90)97-76-82(88)77-99-104(93,94)100-78-83(89)79-101-105(95,96)102-81-84(103-87(92)75-72-69-66-63-60-57-54-51-48-43-36-33-30-27-24-21-18-15-12-9-6-3)80-98-86(91)74-71-68-65-62-59-56-53-50-47-44-41-38-35-32-29-26-23-20-17-14-11-8-5-2/h7-8,10-11,16-21,25-30,34-38,40,42-44,46-47,49,51,54,82-84,88-89H,4-6,9,12-15,22-24,31-33,39,41,45,48,50,52-53,55-81H2,1-3H3,(H,93,94)(H,95,96)/b10-7-,11-8-,19-16-,20-17-,21-18-,28-25-,29-26-,30-27-,37-34-,38-35-,42-40-,43-36-,47-44-,49-46-,54-51-. The Balaban J connectivity index is 4.75. The summed E-state index contributed by atoms with van der Waals surface area (Å²) in [6.45, 7) is 2.36. The van der Waals surface area contributed by atoms with Crippen molar-refractivity contribution in [1.29, 1.82) is 0 Å². The highest BCUT2D eigenvalue weighted by atomic mass is 31.2. The molecule has 0 spiro atoms. The van der Waals surface area contributed by atoms with E-state index >= 15 is 0 Å². The van der Waals surface area contributed by atoms with Crippen LogP contribution < -0.4 is 0 Å². The maximum absolute atomic E-state index is 13.0. The van der Waals surface area contributed by atoms with Crippen LogP contribution in [0.2, 0.25) is 0 Å². The second-order valence-corrected chi connectivity index (χ2v) is 29.0. The third-order valence-electron chi connectivity index (χ3n) is 16.1. The summed E-state index contributed by atoms with van der Waals surface area (Å²) in [4.78, 5) is 58.8. The Bertz CT molecular complexity index is 2640. The highest BCUT2D eigenvalue weighted by Crippen LogP contribution is 2.45. The third-order valence-corrected chi connectivity index (χ3v) is 18.0. The lowest BCUT2D eigenvalue weighted by molar-refractivity contribution is -0.161. The molecule has 596 valence electrons. The molecular weight excluding hydrogens is 1360 g/mol. The monoisotopic (exact) mass is 1500 g/mol. The quantitative estimate of drug-likeness (QED) is 0.0146. The number of carbonyl (C=O) groups is 3. The van der Waals surface area contributed by atoms with Gasteiger partial charge in [0.25, 0.3) is 0 Å². The zero-order chi connectivity index (χ0) is 76.6. The van der Waals surface area contributed by atoms with E-state index in [1.807, 2.05) is 0 Å². The lowest BCUT2D eigenvalue weighted by atomic mass is 10.1. The largest absolute Gasteiger partial charge is 0.472 e. The summed E-state index contributed by atoms with van der Waals surface area (Å²) in [5.74, 6) is -1.63. The van der Waals surface area contributed by atoms with Gasteiger partial charge in [0, 0.05) is 19.3 Å². The molecule has 5 unspecified atom stereocenters. The molecule has 5 atom stereocenters. The maximum atomic E-state index is 13.0. The van der Waals surface area contributed by atoms with E-state index in [2.05, 4.69) is 203 Å². The first-order valence-electron chi connectivity index (χ1n) is 40.1. The summed E-state index contributed by atoms with van der Waals surface area (Å²) >= 11 is 0. The molecule has 0 aliphatic heterocycles. The fourth-order valence-electron chi connectivity index (χ4n) is 10.1. The Morgan fingerprint density at radius 3 is 0.800 bits per heavy atom. The first kappa shape index (κ1) is 99.7. The van der Waals surface area contributed by atoms with E-state index < -0.39 is 91.5 Å². The van der Waals surface area contributed by atoms with Gasteiger partial charge in [-0.05, 0) is 161 Å². The summed E-state index contributed by atoms with van der Waals surface area (Å²) in [6.07, 6.45) is 101. The van der Waals surface area contributed by atoms with Crippen molar-refractivity contribution >= 4 is 33.6 Å². The minimum atomic E-state index is -4.95. The van der Waals surface area contributed by atoms with Crippen LogP contribution in [0.5, 0.6) is 0 Å². The van der Waals surface area contributed by atoms with E-state index in [9.17, 15) is 43.5 Å². The molecule has 0 rings (SSSR count). The van der Waals surface area contributed by atoms with Crippen LogP contribution in [0, 0.1) is 0 Å². The van der Waals surface area contributed by atoms with Crippen LogP contribution in [-0.2, 0) is 55.8 Å². The van der Waals surface area contributed by atoms with E-state index in [0.29, 0.717) is 19.3 Å². The molecule has 0 fully saturated rings. The summed E-state index contributed by atoms with van der Waals surface area (Å²) in [7, 11) is -9.82. The number of phosphoric acid groups is 2. The van der Waals surface area contributed by atoms with Crippen LogP contribution >= 0.6 is 15.6 Å². The number of hydrogen-bond acceptors (Lipinski definition) is 14. The second kappa shape index (κ2) is 78.2. The molecule has 0 aromatic carbocycles. The lowest BCUT2D eigenvalue weighted by Gasteiger charge is -2.21. The summed E-state index contributed by atoms with van der Waals surface area (Å²) in [5.41, 5.74) is 0. The van der Waals surface area contributed by atoms with Crippen molar-refractivity contribution in [3.8, 4) is 0 Å². The predicted octanol–water partition coefficient (Wildman–Crippen LogP) is 23.8. The van der Waals surface area contributed by atoms with Gasteiger partial charge >= 0.3 is 33.6 Å². The van der Waals surface area contributed by atoms with Crippen LogP contribution in [-0.4, -0.2) is 95.9 Å². The van der Waals surface area contributed by atoms with Gasteiger partial charge in [-0.1, -0.05) is 293 Å². The van der Waals surface area contributed by atoms with E-state index in [1.165, 1.54) is 19.3 Å². The number of rotatable bonds is 74. The number of unbranched alkanes of at least 4 members (excludes halogenated alkanes) is 21. The molecule has 0 saturated carbocycles. The molecule has 0 aromatic heterocycles. The van der Waals surface area contributed by atoms with Crippen molar-refractivity contribution in [3.05, 3.63) is 182 Å². The number of aliphatic hydroxyl groups is 2. The van der Waals surface area contributed by atoms with Crippen LogP contribution in [0.3, 0.4) is 0 Å². The highest BCUT2D eigenvalue weighted by molar-refractivity contribution is 7.47. The Kier molecular flexibility index (Phi) is 74.3. The first-order valence-corrected chi connectivity index (χ1v) is 43.1. The molecule has 16 nitrogen and oxygen atoms in total. The Morgan fingerprint density at radius 2 is 0.505 bits per heavy atom. The Morgan fingerprint density at radius 1 is 0.276 bits per heavy atom. The minimum absolute atomic E-state index is 0.0735. The average molecular weight is 1510 g/mol. The zero-order valence-electron chi connectivity index (χ0n) is 65.1. The maximum Gasteiger partial charge on any atom is 0.472 e. The minimum Gasteiger partial charge on any atom is -0.463 e. The third kappa shape index (κ3) is 79.5. The van der Waals surface area contributed by atoms with Crippen molar-refractivity contribution < 1.29 is 75.8 Å². The van der Waals surface area contributed by atoms with Crippen molar-refractivity contribution in [2.45, 2.75) is 309 Å². The molecule has 4 N–H and O–H groups in total. The molecule has 0 bridgehead atoms. The van der Waals surface area contributed by atoms with Gasteiger partial charge in [-0.3, -0.25) is 32.5 Å². The number of aliphatic hydroxyl groups excluding tert-OH is 2. The number of phosphoric ester groups is 2. The Hall–Kier alpha value is -5.35. The molecule has 0 aliphatic rings. The topological polar surface area (TPSA) is 231 Å². The van der Waals surface area contributed by atoms with Crippen LogP contribution in [0.4, 0.5) is 0 Å². The normalized spacial score (nSPS) is 14.9. The predicted molar refractivity (Wildman–Crippen MR) is 435 cm³/mol. The summed E-state index contributed by atoms with van der Waals surface area (Å²) < 4.78 is 61.2. The number of carbonyl (C=O) groups excluding carboxylic acids is 3. The molecule has 105 heavy (non-hydrogen) atoms. The summed E-state index contributed by atoms with van der Waals surface area (Å²) in [6, 6.07) is 0. The van der Waals surface area contributed by atoms with Crippen molar-refractivity contribution in [3.63, 3.8) is 0 Å². The molecule has 18 heteroatoms. The van der Waals surface area contributed by atoms with Gasteiger partial charge in [-0.2, -0.15) is 0 Å². The van der Waals surface area contributed by atoms with E-state index in [4.69, 9.17) is 32.3 Å². The van der Waals surface area contributed by atoms with Gasteiger partial charge < -0.3 is 34.2 Å². The molecular formula is C87H142O16P2. The van der Waals surface area contributed by atoms with Crippen LogP contribution in [0.1, 0.15) is 290 Å². The SMILES string of the molecule is CC/C=C\C/C=C\C/C=C\C/C=C\C/C=C\C/C=C\CCCCCCCCC(=O)OCC(O)COP(=O)(O)OCC(O)COP(=O)(O)OCC(COC(=O)CCCCCCCCC/C=C\C/C=C\C/C=C\C/C=C\C/C=C\CC)OC(=O)CCCCCCC/C=C\C/C=C\C/C=C\C/C=C\CCCCC. The molecule has 0 saturated heterocycles. The molecule has 0 amide bonds. The number of esters is 3. The van der Waals surface area contributed by atoms with Crippen LogP contribution in [0.25, 0.3) is 0 Å². The molecule has 0 aromatic rings. The molecule has 0 radical (unpaired) electrons. The van der Waals surface area contributed by atoms with Crippen molar-refractivity contribution in [2.75, 3.05) is 39.6 Å². The van der Waals surface area contributed by atoms with Gasteiger partial charge in [0.1, 0.15) is 25.4 Å². The Labute approximate surface area is 636 Å². The van der Waals surface area contributed by atoms with Crippen molar-refractivity contribution in [1.82, 2.24) is 0 Å². The van der Waals surface area contributed by atoms with E-state index in [1.54, 1.807) is 0 Å². The number of hydrogen-bond donors (Lipinski definition) is 4. The van der Waals surface area contributed by atoms with E-state index in [-0.39, 0.29) is 19.3 Å². The molecule has 0 heterocycles. The number of allylic oxidation sites excluding steroid dienone is 30. The first-order chi connectivity index (χ1) is 51.2.